The first-order valence-corrected chi connectivity index (χ1v) is 11.4. The fourth-order valence-corrected chi connectivity index (χ4v) is 4.40. The van der Waals surface area contributed by atoms with Crippen LogP contribution in [0, 0.1) is 21.8 Å². The number of thioether (sulfide) groups is 1. The molecule has 1 aliphatic carbocycles. The Balaban J connectivity index is 1.63. The lowest BCUT2D eigenvalue weighted by Gasteiger charge is -2.21. The largest absolute Gasteiger partial charge is 0.416 e. The van der Waals surface area contributed by atoms with Crippen LogP contribution in [0.3, 0.4) is 0 Å². The summed E-state index contributed by atoms with van der Waals surface area (Å²) in [5.41, 5.74) is -1.82. The highest BCUT2D eigenvalue weighted by Gasteiger charge is 2.33. The van der Waals surface area contributed by atoms with Crippen LogP contribution in [0.2, 0.25) is 0 Å². The van der Waals surface area contributed by atoms with Crippen LogP contribution >= 0.6 is 11.8 Å². The van der Waals surface area contributed by atoms with Crippen LogP contribution in [0.1, 0.15) is 37.7 Å². The summed E-state index contributed by atoms with van der Waals surface area (Å²) in [6, 6.07) is 5.69. The SMILES string of the molecule is O=C(CSc1ccc(C(F)(F)F)cc1[N+](=O)[O-])Nc1ccc(F)c(NC(=O)C2CCCCC2)c1. The van der Waals surface area contributed by atoms with Gasteiger partial charge in [-0.1, -0.05) is 19.3 Å². The third-order valence-corrected chi connectivity index (χ3v) is 6.39. The molecule has 2 aromatic carbocycles. The van der Waals surface area contributed by atoms with Crippen molar-refractivity contribution in [3.05, 3.63) is 57.9 Å². The molecule has 12 heteroatoms. The highest BCUT2D eigenvalue weighted by atomic mass is 32.2. The maximum Gasteiger partial charge on any atom is 0.416 e. The summed E-state index contributed by atoms with van der Waals surface area (Å²) in [6.07, 6.45) is -0.337. The Labute approximate surface area is 196 Å². The topological polar surface area (TPSA) is 101 Å². The van der Waals surface area contributed by atoms with Gasteiger partial charge in [-0.15, -0.1) is 11.8 Å². The van der Waals surface area contributed by atoms with Crippen molar-refractivity contribution < 1.29 is 32.1 Å². The second-order valence-corrected chi connectivity index (χ2v) is 8.81. The number of hydrogen-bond donors (Lipinski definition) is 2. The van der Waals surface area contributed by atoms with Gasteiger partial charge in [-0.2, -0.15) is 13.2 Å². The Hall–Kier alpha value is -3.15. The highest BCUT2D eigenvalue weighted by molar-refractivity contribution is 8.00. The van der Waals surface area contributed by atoms with E-state index in [0.717, 1.165) is 44.2 Å². The number of nitro groups is 1. The molecule has 0 aliphatic heterocycles. The normalized spacial score (nSPS) is 14.5. The maximum atomic E-state index is 14.2. The number of amides is 2. The predicted molar refractivity (Wildman–Crippen MR) is 119 cm³/mol. The number of carbonyl (C=O) groups is 2. The van der Waals surface area contributed by atoms with Crippen LogP contribution in [0.4, 0.5) is 34.6 Å². The Bertz CT molecular complexity index is 1090. The van der Waals surface area contributed by atoms with Crippen molar-refractivity contribution in [1.29, 1.82) is 0 Å². The van der Waals surface area contributed by atoms with Gasteiger partial charge in [0.25, 0.3) is 5.69 Å². The minimum absolute atomic E-state index is 0.0839. The number of rotatable bonds is 7. The van der Waals surface area contributed by atoms with E-state index >= 15 is 0 Å². The molecule has 182 valence electrons. The Morgan fingerprint density at radius 3 is 2.41 bits per heavy atom. The van der Waals surface area contributed by atoms with Crippen LogP contribution in [0.5, 0.6) is 0 Å². The van der Waals surface area contributed by atoms with Crippen molar-refractivity contribution in [3.8, 4) is 0 Å². The lowest BCUT2D eigenvalue weighted by molar-refractivity contribution is -0.388. The lowest BCUT2D eigenvalue weighted by atomic mass is 9.88. The van der Waals surface area contributed by atoms with Gasteiger partial charge < -0.3 is 10.6 Å². The Morgan fingerprint density at radius 1 is 1.06 bits per heavy atom. The molecule has 2 aromatic rings. The first-order chi connectivity index (χ1) is 16.0. The fraction of sp³-hybridized carbons (Fsp3) is 0.364. The molecule has 0 heterocycles. The molecule has 1 aliphatic rings. The molecule has 0 saturated heterocycles. The fourth-order valence-electron chi connectivity index (χ4n) is 3.60. The smallest absolute Gasteiger partial charge is 0.325 e. The van der Waals surface area contributed by atoms with Crippen LogP contribution in [0.25, 0.3) is 0 Å². The van der Waals surface area contributed by atoms with E-state index in [1.807, 2.05) is 0 Å². The molecule has 1 fully saturated rings. The molecule has 0 radical (unpaired) electrons. The van der Waals surface area contributed by atoms with E-state index in [0.29, 0.717) is 23.9 Å². The van der Waals surface area contributed by atoms with Crippen molar-refractivity contribution in [2.75, 3.05) is 16.4 Å². The van der Waals surface area contributed by atoms with Gasteiger partial charge in [0, 0.05) is 17.7 Å². The van der Waals surface area contributed by atoms with E-state index < -0.39 is 34.1 Å². The summed E-state index contributed by atoms with van der Waals surface area (Å²) < 4.78 is 52.6. The molecule has 7 nitrogen and oxygen atoms in total. The van der Waals surface area contributed by atoms with Crippen LogP contribution < -0.4 is 10.6 Å². The first kappa shape index (κ1) is 25.5. The predicted octanol–water partition coefficient (Wildman–Crippen LogP) is 6.00. The van der Waals surface area contributed by atoms with Crippen LogP contribution in [0.15, 0.2) is 41.3 Å². The zero-order valence-corrected chi connectivity index (χ0v) is 18.6. The van der Waals surface area contributed by atoms with Gasteiger partial charge in [0.1, 0.15) is 5.82 Å². The van der Waals surface area contributed by atoms with E-state index in [-0.39, 0.29) is 33.8 Å². The van der Waals surface area contributed by atoms with Gasteiger partial charge in [-0.25, -0.2) is 4.39 Å². The van der Waals surface area contributed by atoms with E-state index in [2.05, 4.69) is 10.6 Å². The molecule has 2 amide bonds. The van der Waals surface area contributed by atoms with Crippen molar-refractivity contribution in [1.82, 2.24) is 0 Å². The van der Waals surface area contributed by atoms with E-state index in [1.54, 1.807) is 0 Å². The second-order valence-electron chi connectivity index (χ2n) is 7.79. The van der Waals surface area contributed by atoms with E-state index in [9.17, 15) is 37.3 Å². The van der Waals surface area contributed by atoms with Crippen LogP contribution in [-0.4, -0.2) is 22.5 Å². The molecular formula is C22H21F4N3O4S. The minimum atomic E-state index is -4.74. The van der Waals surface area contributed by atoms with Gasteiger partial charge in [0.15, 0.2) is 0 Å². The molecular weight excluding hydrogens is 478 g/mol. The summed E-state index contributed by atoms with van der Waals surface area (Å²) in [4.78, 5) is 34.8. The average Bonchev–Trinajstić information content (AvgIpc) is 2.79. The average molecular weight is 499 g/mol. The summed E-state index contributed by atoms with van der Waals surface area (Å²) in [6.45, 7) is 0. The number of nitrogens with zero attached hydrogens (tertiary/aromatic N) is 1. The van der Waals surface area contributed by atoms with Crippen molar-refractivity contribution in [2.24, 2.45) is 5.92 Å². The number of hydrogen-bond acceptors (Lipinski definition) is 5. The number of halogens is 4. The molecule has 0 bridgehead atoms. The van der Waals surface area contributed by atoms with E-state index in [1.165, 1.54) is 12.1 Å². The minimum Gasteiger partial charge on any atom is -0.325 e. The van der Waals surface area contributed by atoms with Gasteiger partial charge in [-0.3, -0.25) is 19.7 Å². The van der Waals surface area contributed by atoms with Crippen molar-refractivity contribution >= 4 is 40.6 Å². The number of benzene rings is 2. The number of alkyl halides is 3. The maximum absolute atomic E-state index is 14.2. The quantitative estimate of drug-likeness (QED) is 0.211. The van der Waals surface area contributed by atoms with Gasteiger partial charge in [0.2, 0.25) is 11.8 Å². The van der Waals surface area contributed by atoms with Crippen molar-refractivity contribution in [3.63, 3.8) is 0 Å². The Morgan fingerprint density at radius 2 is 1.76 bits per heavy atom. The lowest BCUT2D eigenvalue weighted by Crippen LogP contribution is -2.25. The van der Waals surface area contributed by atoms with Gasteiger partial charge >= 0.3 is 6.18 Å². The zero-order chi connectivity index (χ0) is 24.9. The number of nitrogens with one attached hydrogen (secondary N) is 2. The standard InChI is InChI=1S/C22H21F4N3O4S/c23-16-8-7-15(11-17(16)28-21(31)13-4-2-1-3-5-13)27-20(30)12-34-19-9-6-14(22(24,25)26)10-18(19)29(32)33/h6-11,13H,1-5,12H2,(H,27,30)(H,28,31). The molecule has 34 heavy (non-hydrogen) atoms. The highest BCUT2D eigenvalue weighted by Crippen LogP contribution is 2.36. The monoisotopic (exact) mass is 499 g/mol. The van der Waals surface area contributed by atoms with Gasteiger partial charge in [0.05, 0.1) is 26.8 Å². The van der Waals surface area contributed by atoms with Crippen LogP contribution in [-0.2, 0) is 15.8 Å². The number of anilines is 2. The summed E-state index contributed by atoms with van der Waals surface area (Å²) in [5, 5.41) is 16.2. The number of carbonyl (C=O) groups excluding carboxylic acids is 2. The molecule has 0 aromatic heterocycles. The third-order valence-electron chi connectivity index (χ3n) is 5.33. The summed E-state index contributed by atoms with van der Waals surface area (Å²) in [5.74, 6) is -2.10. The van der Waals surface area contributed by atoms with Crippen molar-refractivity contribution in [2.45, 2.75) is 43.2 Å². The molecule has 0 spiro atoms. The first-order valence-electron chi connectivity index (χ1n) is 10.4. The molecule has 3 rings (SSSR count). The summed E-state index contributed by atoms with van der Waals surface area (Å²) >= 11 is 0.694. The molecule has 1 saturated carbocycles. The zero-order valence-electron chi connectivity index (χ0n) is 17.8. The summed E-state index contributed by atoms with van der Waals surface area (Å²) in [7, 11) is 0. The van der Waals surface area contributed by atoms with E-state index in [4.69, 9.17) is 0 Å². The number of nitro benzene ring substituents is 1. The molecule has 2 N–H and O–H groups in total. The molecule has 0 atom stereocenters. The second kappa shape index (κ2) is 10.9. The van der Waals surface area contributed by atoms with Gasteiger partial charge in [-0.05, 0) is 43.2 Å². The third kappa shape index (κ3) is 6.69. The molecule has 0 unspecified atom stereocenters. The Kier molecular flexibility index (Phi) is 8.13.